The maximum atomic E-state index is 15.3. The van der Waals surface area contributed by atoms with Crippen LogP contribution < -0.4 is 14.4 Å². The van der Waals surface area contributed by atoms with Gasteiger partial charge in [-0.15, -0.1) is 0 Å². The number of carbonyl (C=O) groups is 1. The van der Waals surface area contributed by atoms with Crippen molar-refractivity contribution in [3.63, 3.8) is 0 Å². The molecule has 44 heavy (non-hydrogen) atoms. The first-order valence-electron chi connectivity index (χ1n) is 13.6. The lowest BCUT2D eigenvalue weighted by atomic mass is 10.0. The Hall–Kier alpha value is -4.59. The monoisotopic (exact) mass is 629 g/mol. The number of ether oxygens (including phenoxy) is 2. The summed E-state index contributed by atoms with van der Waals surface area (Å²) >= 11 is 0. The van der Waals surface area contributed by atoms with Gasteiger partial charge in [0.15, 0.2) is 10.7 Å². The number of nitrogens with zero attached hydrogens (tertiary/aromatic N) is 4. The molecule has 0 spiro atoms. The number of anilines is 2. The van der Waals surface area contributed by atoms with Crippen LogP contribution in [-0.4, -0.2) is 68.3 Å². The molecular formula is C30H30F3N5O5S. The molecule has 1 amide bonds. The molecule has 2 aromatic heterocycles. The summed E-state index contributed by atoms with van der Waals surface area (Å²) in [5.41, 5.74) is 0.955. The fraction of sp³-hybridized carbons (Fsp3) is 0.300. The molecule has 4 aromatic rings. The first-order chi connectivity index (χ1) is 20.8. The number of carbonyl (C=O) groups excluding carboxylic acids is 1. The number of halogens is 3. The van der Waals surface area contributed by atoms with E-state index in [1.165, 1.54) is 19.4 Å². The smallest absolute Gasteiger partial charge is 0.410 e. The first kappa shape index (κ1) is 30.9. The van der Waals surface area contributed by atoms with Crippen molar-refractivity contribution >= 4 is 38.4 Å². The minimum absolute atomic E-state index is 0.133. The Morgan fingerprint density at radius 3 is 2.23 bits per heavy atom. The van der Waals surface area contributed by atoms with E-state index in [0.29, 0.717) is 53.9 Å². The standard InChI is InChI=1S/C30H30F3N5O5S/c1-30(2,3)43-29(39)38-12-10-37(11-13-38)26-20-14-18(8-9-24(20)34-17-23(26)33)19-15-25(28(42-4)35-16-19)36-44(40,41)27-21(31)6-5-7-22(27)32/h5-9,14-17,36H,10-13H2,1-4H3. The second-order valence-electron chi connectivity index (χ2n) is 11.1. The maximum Gasteiger partial charge on any atom is 0.410 e. The van der Waals surface area contributed by atoms with Gasteiger partial charge in [-0.05, 0) is 56.7 Å². The summed E-state index contributed by atoms with van der Waals surface area (Å²) in [6.45, 7) is 6.71. The number of sulfonamides is 1. The number of amides is 1. The van der Waals surface area contributed by atoms with E-state index < -0.39 is 44.1 Å². The molecule has 0 saturated carbocycles. The van der Waals surface area contributed by atoms with Crippen LogP contribution in [0.5, 0.6) is 5.88 Å². The summed E-state index contributed by atoms with van der Waals surface area (Å²) < 4.78 is 82.7. The van der Waals surface area contributed by atoms with Crippen molar-refractivity contribution in [1.82, 2.24) is 14.9 Å². The highest BCUT2D eigenvalue weighted by molar-refractivity contribution is 7.92. The summed E-state index contributed by atoms with van der Waals surface area (Å²) in [5.74, 6) is -3.20. The van der Waals surface area contributed by atoms with Gasteiger partial charge in [0.2, 0.25) is 5.88 Å². The number of piperazine rings is 1. The number of benzene rings is 2. The Bertz CT molecular complexity index is 1820. The molecule has 1 N–H and O–H groups in total. The first-order valence-corrected chi connectivity index (χ1v) is 15.1. The van der Waals surface area contributed by atoms with Gasteiger partial charge in [0, 0.05) is 43.3 Å². The van der Waals surface area contributed by atoms with Crippen LogP contribution in [0.1, 0.15) is 20.8 Å². The van der Waals surface area contributed by atoms with Crippen LogP contribution in [-0.2, 0) is 14.8 Å². The lowest BCUT2D eigenvalue weighted by Gasteiger charge is -2.37. The van der Waals surface area contributed by atoms with Gasteiger partial charge in [0.1, 0.15) is 22.9 Å². The zero-order valence-corrected chi connectivity index (χ0v) is 25.2. The van der Waals surface area contributed by atoms with E-state index in [4.69, 9.17) is 9.47 Å². The SMILES string of the molecule is COc1ncc(-c2ccc3ncc(F)c(N4CCN(C(=O)OC(C)(C)C)CC4)c3c2)cc1NS(=O)(=O)c1c(F)cccc1F. The number of hydrogen-bond donors (Lipinski definition) is 1. The molecule has 10 nitrogen and oxygen atoms in total. The van der Waals surface area contributed by atoms with Crippen molar-refractivity contribution in [2.24, 2.45) is 0 Å². The van der Waals surface area contributed by atoms with E-state index in [2.05, 4.69) is 14.7 Å². The molecule has 3 heterocycles. The van der Waals surface area contributed by atoms with Crippen molar-refractivity contribution in [1.29, 1.82) is 0 Å². The molecule has 0 bridgehead atoms. The van der Waals surface area contributed by atoms with Crippen LogP contribution in [0.2, 0.25) is 0 Å². The molecule has 232 valence electrons. The molecule has 1 aliphatic heterocycles. The Morgan fingerprint density at radius 1 is 0.909 bits per heavy atom. The van der Waals surface area contributed by atoms with Crippen molar-refractivity contribution in [2.75, 3.05) is 42.9 Å². The van der Waals surface area contributed by atoms with E-state index in [-0.39, 0.29) is 11.6 Å². The van der Waals surface area contributed by atoms with Crippen molar-refractivity contribution in [2.45, 2.75) is 31.3 Å². The quantitative estimate of drug-likeness (QED) is 0.294. The van der Waals surface area contributed by atoms with E-state index in [9.17, 15) is 22.0 Å². The molecule has 2 aromatic carbocycles. The van der Waals surface area contributed by atoms with Crippen LogP contribution >= 0.6 is 0 Å². The minimum atomic E-state index is -4.71. The number of pyridine rings is 2. The summed E-state index contributed by atoms with van der Waals surface area (Å²) in [7, 11) is -3.45. The van der Waals surface area contributed by atoms with Crippen LogP contribution in [0.25, 0.3) is 22.0 Å². The number of methoxy groups -OCH3 is 1. The lowest BCUT2D eigenvalue weighted by molar-refractivity contribution is 0.0240. The summed E-state index contributed by atoms with van der Waals surface area (Å²) in [6.07, 6.45) is 2.13. The summed E-state index contributed by atoms with van der Waals surface area (Å²) in [5, 5.41) is 0.486. The van der Waals surface area contributed by atoms with Gasteiger partial charge in [-0.1, -0.05) is 12.1 Å². The fourth-order valence-electron chi connectivity index (χ4n) is 4.88. The number of hydrogen-bond acceptors (Lipinski definition) is 8. The highest BCUT2D eigenvalue weighted by Gasteiger charge is 2.29. The second kappa shape index (κ2) is 11.8. The highest BCUT2D eigenvalue weighted by Crippen LogP contribution is 2.35. The van der Waals surface area contributed by atoms with Crippen molar-refractivity contribution in [3.8, 4) is 17.0 Å². The van der Waals surface area contributed by atoms with Gasteiger partial charge >= 0.3 is 6.09 Å². The zero-order chi connectivity index (χ0) is 31.8. The van der Waals surface area contributed by atoms with Crippen LogP contribution in [0.4, 0.5) is 29.3 Å². The highest BCUT2D eigenvalue weighted by atomic mass is 32.2. The van der Waals surface area contributed by atoms with Gasteiger partial charge in [0.25, 0.3) is 10.0 Å². The number of nitrogens with one attached hydrogen (secondary N) is 1. The zero-order valence-electron chi connectivity index (χ0n) is 24.4. The Morgan fingerprint density at radius 2 is 1.59 bits per heavy atom. The van der Waals surface area contributed by atoms with Gasteiger partial charge in [0.05, 0.1) is 24.5 Å². The summed E-state index contributed by atoms with van der Waals surface area (Å²) in [6, 6.07) is 9.21. The molecule has 0 unspecified atom stereocenters. The predicted octanol–water partition coefficient (Wildman–Crippen LogP) is 5.58. The summed E-state index contributed by atoms with van der Waals surface area (Å²) in [4.78, 5) is 23.2. The van der Waals surface area contributed by atoms with Gasteiger partial charge in [-0.25, -0.2) is 31.4 Å². The molecule has 0 radical (unpaired) electrons. The lowest BCUT2D eigenvalue weighted by Crippen LogP contribution is -2.50. The third kappa shape index (κ3) is 6.34. The topological polar surface area (TPSA) is 114 Å². The average Bonchev–Trinajstić information content (AvgIpc) is 2.95. The molecule has 0 aliphatic carbocycles. The molecule has 1 saturated heterocycles. The third-order valence-corrected chi connectivity index (χ3v) is 8.27. The van der Waals surface area contributed by atoms with Crippen molar-refractivity contribution in [3.05, 3.63) is 72.3 Å². The largest absolute Gasteiger partial charge is 0.480 e. The fourth-order valence-corrected chi connectivity index (χ4v) is 6.06. The van der Waals surface area contributed by atoms with E-state index >= 15 is 4.39 Å². The Kier molecular flexibility index (Phi) is 8.30. The van der Waals surface area contributed by atoms with Gasteiger partial charge in [-0.2, -0.15) is 0 Å². The number of rotatable bonds is 6. The Balaban J connectivity index is 1.47. The molecule has 0 atom stereocenters. The van der Waals surface area contributed by atoms with E-state index in [1.54, 1.807) is 43.9 Å². The average molecular weight is 630 g/mol. The van der Waals surface area contributed by atoms with Crippen LogP contribution in [0.15, 0.2) is 59.8 Å². The molecular weight excluding hydrogens is 599 g/mol. The Labute approximate surface area is 252 Å². The predicted molar refractivity (Wildman–Crippen MR) is 159 cm³/mol. The molecule has 5 rings (SSSR count). The number of fused-ring (bicyclic) bond motifs is 1. The molecule has 1 aliphatic rings. The van der Waals surface area contributed by atoms with Crippen LogP contribution in [0, 0.1) is 17.5 Å². The number of aromatic nitrogens is 2. The van der Waals surface area contributed by atoms with Crippen molar-refractivity contribution < 1.29 is 35.9 Å². The third-order valence-electron chi connectivity index (χ3n) is 6.85. The van der Waals surface area contributed by atoms with Gasteiger partial charge in [-0.3, -0.25) is 9.71 Å². The van der Waals surface area contributed by atoms with Crippen LogP contribution in [0.3, 0.4) is 0 Å². The van der Waals surface area contributed by atoms with E-state index in [1.807, 2.05) is 4.90 Å². The second-order valence-corrected chi connectivity index (χ2v) is 12.7. The normalized spacial score (nSPS) is 14.1. The molecule has 1 fully saturated rings. The van der Waals surface area contributed by atoms with Gasteiger partial charge < -0.3 is 19.3 Å². The maximum absolute atomic E-state index is 15.3. The minimum Gasteiger partial charge on any atom is -0.480 e. The van der Waals surface area contributed by atoms with E-state index in [0.717, 1.165) is 24.4 Å². The molecule has 14 heteroatoms.